The molecule has 0 atom stereocenters. The Morgan fingerprint density at radius 2 is 1.95 bits per heavy atom. The predicted molar refractivity (Wildman–Crippen MR) is 75.3 cm³/mol. The van der Waals surface area contributed by atoms with Crippen molar-refractivity contribution >= 4 is 11.7 Å². The van der Waals surface area contributed by atoms with Crippen LogP contribution in [0.1, 0.15) is 12.1 Å². The highest BCUT2D eigenvalue weighted by atomic mass is 16.5. The maximum atomic E-state index is 11.7. The number of benzene rings is 1. The second kappa shape index (κ2) is 7.25. The van der Waals surface area contributed by atoms with Gasteiger partial charge in [-0.05, 0) is 24.3 Å². The number of aliphatic hydroxyl groups is 1. The molecule has 1 amide bonds. The second-order valence-electron chi connectivity index (χ2n) is 4.13. The first-order valence-corrected chi connectivity index (χ1v) is 6.32. The number of anilines is 1. The van der Waals surface area contributed by atoms with E-state index in [1.807, 2.05) is 30.3 Å². The van der Waals surface area contributed by atoms with Gasteiger partial charge in [0, 0.05) is 0 Å². The number of ether oxygens (including phenoxy) is 1. The van der Waals surface area contributed by atoms with Gasteiger partial charge in [0.15, 0.2) is 0 Å². The van der Waals surface area contributed by atoms with E-state index >= 15 is 0 Å². The molecule has 0 fully saturated rings. The lowest BCUT2D eigenvalue weighted by Gasteiger charge is -2.07. The van der Waals surface area contributed by atoms with Crippen molar-refractivity contribution in [2.24, 2.45) is 0 Å². The van der Waals surface area contributed by atoms with Gasteiger partial charge in [0.2, 0.25) is 5.91 Å². The highest BCUT2D eigenvalue weighted by Gasteiger charge is 2.04. The third kappa shape index (κ3) is 4.37. The summed E-state index contributed by atoms with van der Waals surface area (Å²) in [4.78, 5) is 15.8. The van der Waals surface area contributed by atoms with E-state index in [0.29, 0.717) is 18.1 Å². The molecule has 20 heavy (non-hydrogen) atoms. The zero-order chi connectivity index (χ0) is 14.2. The molecule has 0 spiro atoms. The number of amides is 1. The molecule has 0 saturated heterocycles. The second-order valence-corrected chi connectivity index (χ2v) is 4.13. The van der Waals surface area contributed by atoms with Gasteiger partial charge in [-0.1, -0.05) is 24.3 Å². The molecule has 0 aliphatic rings. The van der Waals surface area contributed by atoms with Crippen molar-refractivity contribution in [3.05, 3.63) is 54.2 Å². The van der Waals surface area contributed by atoms with Gasteiger partial charge in [0.05, 0.1) is 25.3 Å². The van der Waals surface area contributed by atoms with E-state index in [9.17, 15) is 4.79 Å². The van der Waals surface area contributed by atoms with Crippen LogP contribution in [0.3, 0.4) is 0 Å². The first-order valence-electron chi connectivity index (χ1n) is 6.32. The van der Waals surface area contributed by atoms with Gasteiger partial charge in [0.25, 0.3) is 0 Å². The van der Waals surface area contributed by atoms with Crippen molar-refractivity contribution in [2.75, 3.05) is 11.9 Å². The normalized spacial score (nSPS) is 10.1. The van der Waals surface area contributed by atoms with Gasteiger partial charge in [-0.2, -0.15) is 0 Å². The van der Waals surface area contributed by atoms with Crippen molar-refractivity contribution < 1.29 is 14.6 Å². The number of para-hydroxylation sites is 1. The molecule has 2 N–H and O–H groups in total. The number of carbonyl (C=O) groups is 1. The highest BCUT2D eigenvalue weighted by molar-refractivity contribution is 5.89. The number of pyridine rings is 1. The average Bonchev–Trinajstić information content (AvgIpc) is 2.48. The van der Waals surface area contributed by atoms with Crippen LogP contribution in [0.25, 0.3) is 0 Å². The average molecular weight is 272 g/mol. The minimum atomic E-state index is -0.177. The summed E-state index contributed by atoms with van der Waals surface area (Å²) in [5.41, 5.74) is 0.517. The van der Waals surface area contributed by atoms with E-state index in [4.69, 9.17) is 9.84 Å². The van der Waals surface area contributed by atoms with Crippen LogP contribution in [0.15, 0.2) is 48.5 Å². The van der Waals surface area contributed by atoms with Gasteiger partial charge in [0.1, 0.15) is 11.6 Å². The molecule has 0 aliphatic carbocycles. The Morgan fingerprint density at radius 1 is 1.15 bits per heavy atom. The molecule has 1 heterocycles. The third-order valence-electron chi connectivity index (χ3n) is 2.58. The number of nitrogens with zero attached hydrogens (tertiary/aromatic N) is 1. The summed E-state index contributed by atoms with van der Waals surface area (Å²) < 4.78 is 5.44. The molecule has 1 aromatic carbocycles. The van der Waals surface area contributed by atoms with Crippen LogP contribution >= 0.6 is 0 Å². The number of hydrogen-bond acceptors (Lipinski definition) is 4. The van der Waals surface area contributed by atoms with Crippen molar-refractivity contribution in [3.8, 4) is 5.75 Å². The number of aromatic nitrogens is 1. The van der Waals surface area contributed by atoms with Gasteiger partial charge >= 0.3 is 0 Å². The summed E-state index contributed by atoms with van der Waals surface area (Å²) in [6, 6.07) is 14.4. The Kier molecular flexibility index (Phi) is 5.08. The molecular weight excluding hydrogens is 256 g/mol. The summed E-state index contributed by atoms with van der Waals surface area (Å²) in [7, 11) is 0. The van der Waals surface area contributed by atoms with Crippen LogP contribution in [-0.4, -0.2) is 22.6 Å². The van der Waals surface area contributed by atoms with Gasteiger partial charge < -0.3 is 15.2 Å². The van der Waals surface area contributed by atoms with E-state index < -0.39 is 0 Å². The molecule has 0 bridgehead atoms. The molecule has 2 aromatic rings. The fourth-order valence-corrected chi connectivity index (χ4v) is 1.62. The van der Waals surface area contributed by atoms with Crippen LogP contribution in [-0.2, 0) is 11.4 Å². The van der Waals surface area contributed by atoms with Crippen molar-refractivity contribution in [1.82, 2.24) is 4.98 Å². The zero-order valence-electron chi connectivity index (χ0n) is 11.0. The molecule has 1 aromatic heterocycles. The monoisotopic (exact) mass is 272 g/mol. The predicted octanol–water partition coefficient (Wildman–Crippen LogP) is 1.98. The van der Waals surface area contributed by atoms with Gasteiger partial charge in [-0.15, -0.1) is 0 Å². The fraction of sp³-hybridized carbons (Fsp3) is 0.200. The molecule has 0 radical (unpaired) electrons. The van der Waals surface area contributed by atoms with Crippen molar-refractivity contribution in [2.45, 2.75) is 13.0 Å². The number of hydrogen-bond donors (Lipinski definition) is 2. The van der Waals surface area contributed by atoms with E-state index in [-0.39, 0.29) is 18.9 Å². The maximum absolute atomic E-state index is 11.7. The summed E-state index contributed by atoms with van der Waals surface area (Å²) in [5.74, 6) is 0.991. The Labute approximate surface area is 117 Å². The lowest BCUT2D eigenvalue weighted by atomic mass is 10.3. The molecule has 2 rings (SSSR count). The van der Waals surface area contributed by atoms with Gasteiger partial charge in [-0.25, -0.2) is 4.98 Å². The summed E-state index contributed by atoms with van der Waals surface area (Å²) in [6.07, 6.45) is 0.236. The third-order valence-corrected chi connectivity index (χ3v) is 2.58. The Bertz CT molecular complexity index is 558. The van der Waals surface area contributed by atoms with Crippen LogP contribution in [0.4, 0.5) is 5.82 Å². The SMILES string of the molecule is O=C(CCOc1ccccc1)Nc1cccc(CO)n1. The first-order chi connectivity index (χ1) is 9.78. The number of rotatable bonds is 6. The standard InChI is InChI=1S/C15H16N2O3/c18-11-12-5-4-8-14(16-12)17-15(19)9-10-20-13-6-2-1-3-7-13/h1-8,18H,9-11H2,(H,16,17,19). The molecule has 5 heteroatoms. The van der Waals surface area contributed by atoms with Crippen molar-refractivity contribution in [1.29, 1.82) is 0 Å². The minimum Gasteiger partial charge on any atom is -0.493 e. The summed E-state index contributed by atoms with van der Waals surface area (Å²) >= 11 is 0. The molecule has 5 nitrogen and oxygen atoms in total. The van der Waals surface area contributed by atoms with E-state index in [1.54, 1.807) is 18.2 Å². The quantitative estimate of drug-likeness (QED) is 0.843. The van der Waals surface area contributed by atoms with Crippen LogP contribution in [0.5, 0.6) is 5.75 Å². The number of aliphatic hydroxyl groups excluding tert-OH is 1. The van der Waals surface area contributed by atoms with Crippen LogP contribution in [0.2, 0.25) is 0 Å². The van der Waals surface area contributed by atoms with E-state index in [2.05, 4.69) is 10.3 Å². The molecule has 0 aliphatic heterocycles. The molecule has 104 valence electrons. The fourth-order valence-electron chi connectivity index (χ4n) is 1.62. The Balaban J connectivity index is 1.77. The van der Waals surface area contributed by atoms with Crippen LogP contribution in [0, 0.1) is 0 Å². The van der Waals surface area contributed by atoms with Crippen molar-refractivity contribution in [3.63, 3.8) is 0 Å². The largest absolute Gasteiger partial charge is 0.493 e. The highest BCUT2D eigenvalue weighted by Crippen LogP contribution is 2.09. The minimum absolute atomic E-state index is 0.152. The van der Waals surface area contributed by atoms with E-state index in [0.717, 1.165) is 5.75 Å². The molecular formula is C15H16N2O3. The number of carbonyl (C=O) groups excluding carboxylic acids is 1. The molecule has 0 saturated carbocycles. The topological polar surface area (TPSA) is 71.5 Å². The Hall–Kier alpha value is -2.40. The van der Waals surface area contributed by atoms with Gasteiger partial charge in [-0.3, -0.25) is 4.79 Å². The van der Waals surface area contributed by atoms with E-state index in [1.165, 1.54) is 0 Å². The lowest BCUT2D eigenvalue weighted by molar-refractivity contribution is -0.116. The smallest absolute Gasteiger partial charge is 0.228 e. The molecule has 0 unspecified atom stereocenters. The lowest BCUT2D eigenvalue weighted by Crippen LogP contribution is -2.16. The van der Waals surface area contributed by atoms with Crippen LogP contribution < -0.4 is 10.1 Å². The maximum Gasteiger partial charge on any atom is 0.228 e. The summed E-state index contributed by atoms with van der Waals surface area (Å²) in [6.45, 7) is 0.149. The first kappa shape index (κ1) is 14.0. The number of nitrogens with one attached hydrogen (secondary N) is 1. The zero-order valence-corrected chi connectivity index (χ0v) is 11.0. The Morgan fingerprint density at radius 3 is 2.70 bits per heavy atom. The summed E-state index contributed by atoms with van der Waals surface area (Å²) in [5, 5.41) is 11.6.